The van der Waals surface area contributed by atoms with Crippen LogP contribution in [0.4, 0.5) is 38.4 Å². The van der Waals surface area contributed by atoms with E-state index in [2.05, 4.69) is 10.1 Å². The quantitative estimate of drug-likeness (QED) is 0.371. The Hall–Kier alpha value is -2.34. The van der Waals surface area contributed by atoms with Gasteiger partial charge in [0.15, 0.2) is 0 Å². The van der Waals surface area contributed by atoms with E-state index in [4.69, 9.17) is 0 Å². The predicted molar refractivity (Wildman–Crippen MR) is 101 cm³/mol. The van der Waals surface area contributed by atoms with E-state index in [1.165, 1.54) is 6.20 Å². The van der Waals surface area contributed by atoms with Crippen LogP contribution in [0.5, 0.6) is 0 Å². The summed E-state index contributed by atoms with van der Waals surface area (Å²) in [6, 6.07) is 4.40. The average molecular weight is 484 g/mol. The predicted octanol–water partition coefficient (Wildman–Crippen LogP) is 6.27. The van der Waals surface area contributed by atoms with Crippen molar-refractivity contribution in [3.05, 3.63) is 42.5 Å². The summed E-state index contributed by atoms with van der Waals surface area (Å²) in [6.07, 6.45) is 0.184. The van der Waals surface area contributed by atoms with Crippen LogP contribution in [0.2, 0.25) is 0 Å². The maximum absolute atomic E-state index is 13.5. The van der Waals surface area contributed by atoms with Crippen LogP contribution in [0.15, 0.2) is 36.8 Å². The first-order valence-corrected chi connectivity index (χ1v) is 10.3. The van der Waals surface area contributed by atoms with Crippen LogP contribution in [-0.4, -0.2) is 59.3 Å². The molecular weight excluding hydrogens is 464 g/mol. The molecule has 0 unspecified atom stereocenters. The molecule has 0 aliphatic heterocycles. The number of hydrogen-bond donors (Lipinski definition) is 0. The van der Waals surface area contributed by atoms with E-state index in [0.29, 0.717) is 17.8 Å². The van der Waals surface area contributed by atoms with Gasteiger partial charge in [0.05, 0.1) is 11.4 Å². The molecule has 0 fully saturated rings. The standard InChI is InChI=1S/C16H20F3N5.F6P/c1-22(2)10-13(11-23(3)4)24-15(16(17,18)19)8-14(21-24)12-6-5-7-20-9-12;1-7(2,3,4,5)6/h5-10H,11H2,1-4H3;/q;-1/b13-10-;. The van der Waals surface area contributed by atoms with Gasteiger partial charge in [-0.15, -0.1) is 0 Å². The summed E-state index contributed by atoms with van der Waals surface area (Å²) in [5, 5.41) is 4.19. The van der Waals surface area contributed by atoms with Gasteiger partial charge in [0.25, 0.3) is 0 Å². The molecule has 0 aliphatic rings. The van der Waals surface area contributed by atoms with Gasteiger partial charge in [-0.3, -0.25) is 4.98 Å². The molecule has 0 amide bonds. The second kappa shape index (κ2) is 8.30. The first-order chi connectivity index (χ1) is 13.6. The molecule has 0 saturated heterocycles. The minimum absolute atomic E-state index is 0.235. The summed E-state index contributed by atoms with van der Waals surface area (Å²) < 4.78 is 101. The number of hydrogen-bond acceptors (Lipinski definition) is 4. The molecule has 0 saturated carbocycles. The van der Waals surface area contributed by atoms with Gasteiger partial charge < -0.3 is 9.80 Å². The Morgan fingerprint density at radius 3 is 2.00 bits per heavy atom. The topological polar surface area (TPSA) is 37.2 Å². The summed E-state index contributed by atoms with van der Waals surface area (Å²) in [5.74, 6) is 0. The molecule has 2 heterocycles. The Morgan fingerprint density at radius 1 is 1.06 bits per heavy atom. The molecule has 2 aromatic heterocycles. The van der Waals surface area contributed by atoms with Crippen molar-refractivity contribution in [2.75, 3.05) is 34.7 Å². The number of likely N-dealkylation sites (N-methyl/N-ethyl adjacent to an activating group) is 1. The SMILES string of the molecule is CN(C)/C=C(/CN(C)C)n1nc(-c2cccnc2)cc1C(F)(F)F.F[P-](F)(F)(F)(F)F. The van der Waals surface area contributed by atoms with Gasteiger partial charge >= 0.3 is 39.2 Å². The monoisotopic (exact) mass is 484 g/mol. The zero-order valence-corrected chi connectivity index (χ0v) is 17.7. The molecule has 2 rings (SSSR count). The average Bonchev–Trinajstić information content (AvgIpc) is 2.96. The zero-order chi connectivity index (χ0) is 24.3. The van der Waals surface area contributed by atoms with Crippen LogP contribution < -0.4 is 0 Å². The summed E-state index contributed by atoms with van der Waals surface area (Å²) in [4.78, 5) is 7.43. The second-order valence-electron chi connectivity index (χ2n) is 6.85. The molecule has 0 N–H and O–H groups in total. The van der Waals surface area contributed by atoms with Gasteiger partial charge in [-0.2, -0.15) is 18.3 Å². The molecular formula is C16H20F9N5P-. The van der Waals surface area contributed by atoms with Crippen LogP contribution in [-0.2, 0) is 6.18 Å². The molecule has 0 spiro atoms. The van der Waals surface area contributed by atoms with Gasteiger partial charge in [0.1, 0.15) is 5.69 Å². The van der Waals surface area contributed by atoms with E-state index in [1.54, 1.807) is 62.5 Å². The number of pyridine rings is 1. The van der Waals surface area contributed by atoms with Crippen molar-refractivity contribution in [3.63, 3.8) is 0 Å². The van der Waals surface area contributed by atoms with E-state index < -0.39 is 19.7 Å². The van der Waals surface area contributed by atoms with E-state index in [1.807, 2.05) is 0 Å². The number of alkyl halides is 3. The Labute approximate surface area is 172 Å². The van der Waals surface area contributed by atoms with Gasteiger partial charge in [-0.25, -0.2) is 4.68 Å². The van der Waals surface area contributed by atoms with Crippen molar-refractivity contribution in [3.8, 4) is 11.3 Å². The fourth-order valence-electron chi connectivity index (χ4n) is 2.24. The van der Waals surface area contributed by atoms with Gasteiger partial charge in [0, 0.05) is 44.8 Å². The maximum atomic E-state index is 13.5. The van der Waals surface area contributed by atoms with Crippen LogP contribution >= 0.6 is 7.81 Å². The summed E-state index contributed by atoms with van der Waals surface area (Å²) in [6.45, 7) is 0.315. The summed E-state index contributed by atoms with van der Waals surface area (Å²) in [5.41, 5.74) is 0.387. The fourth-order valence-corrected chi connectivity index (χ4v) is 2.24. The molecule has 0 radical (unpaired) electrons. The Kier molecular flexibility index (Phi) is 7.15. The second-order valence-corrected chi connectivity index (χ2v) is 8.76. The van der Waals surface area contributed by atoms with Crippen molar-refractivity contribution in [2.24, 2.45) is 0 Å². The van der Waals surface area contributed by atoms with Crippen molar-refractivity contribution < 1.29 is 38.4 Å². The van der Waals surface area contributed by atoms with Crippen LogP contribution in [0, 0.1) is 0 Å². The molecule has 0 atom stereocenters. The van der Waals surface area contributed by atoms with Crippen LogP contribution in [0.3, 0.4) is 0 Å². The summed E-state index contributed by atoms with van der Waals surface area (Å²) >= 11 is 0. The molecule has 0 aromatic carbocycles. The number of nitrogens with zero attached hydrogens (tertiary/aromatic N) is 5. The van der Waals surface area contributed by atoms with E-state index in [0.717, 1.165) is 10.7 Å². The van der Waals surface area contributed by atoms with Crippen LogP contribution in [0.1, 0.15) is 5.69 Å². The summed E-state index contributed by atoms with van der Waals surface area (Å²) in [7, 11) is -3.55. The third kappa shape index (κ3) is 11.6. The molecule has 0 aliphatic carbocycles. The van der Waals surface area contributed by atoms with E-state index >= 15 is 0 Å². The fraction of sp³-hybridized carbons (Fsp3) is 0.375. The molecule has 0 bridgehead atoms. The number of aromatic nitrogens is 3. The molecule has 5 nitrogen and oxygen atoms in total. The normalized spacial score (nSPS) is 15.1. The van der Waals surface area contributed by atoms with E-state index in [9.17, 15) is 38.4 Å². The third-order valence-corrected chi connectivity index (χ3v) is 3.11. The number of rotatable bonds is 5. The first-order valence-electron chi connectivity index (χ1n) is 8.30. The van der Waals surface area contributed by atoms with Gasteiger partial charge in [0.2, 0.25) is 0 Å². The molecule has 178 valence electrons. The first kappa shape index (κ1) is 26.7. The van der Waals surface area contributed by atoms with E-state index in [-0.39, 0.29) is 5.69 Å². The van der Waals surface area contributed by atoms with Crippen molar-refractivity contribution in [1.29, 1.82) is 0 Å². The van der Waals surface area contributed by atoms with Crippen molar-refractivity contribution in [2.45, 2.75) is 6.18 Å². The molecule has 2 aromatic rings. The van der Waals surface area contributed by atoms with Crippen molar-refractivity contribution >= 4 is 13.5 Å². The Balaban J connectivity index is 0.000000592. The Bertz CT molecular complexity index is 890. The van der Waals surface area contributed by atoms with Gasteiger partial charge in [-0.1, -0.05) is 0 Å². The van der Waals surface area contributed by atoms with Gasteiger partial charge in [-0.05, 0) is 32.3 Å². The molecule has 31 heavy (non-hydrogen) atoms. The molecule has 15 heteroatoms. The third-order valence-electron chi connectivity index (χ3n) is 3.11. The zero-order valence-electron chi connectivity index (χ0n) is 16.8. The Morgan fingerprint density at radius 2 is 1.61 bits per heavy atom. The minimum atomic E-state index is -10.7. The number of halogens is 9. The van der Waals surface area contributed by atoms with Crippen LogP contribution in [0.25, 0.3) is 17.0 Å². The van der Waals surface area contributed by atoms with Crippen molar-refractivity contribution in [1.82, 2.24) is 24.6 Å².